The van der Waals surface area contributed by atoms with Gasteiger partial charge in [0, 0.05) is 54.9 Å². The Morgan fingerprint density at radius 2 is 1.88 bits per heavy atom. The van der Waals surface area contributed by atoms with Gasteiger partial charge in [-0.05, 0) is 50.0 Å². The second kappa shape index (κ2) is 9.96. The third-order valence-corrected chi connectivity index (χ3v) is 5.88. The van der Waals surface area contributed by atoms with E-state index in [-0.39, 0.29) is 5.91 Å². The molecule has 3 N–H and O–H groups in total. The van der Waals surface area contributed by atoms with Crippen molar-refractivity contribution in [2.45, 2.75) is 30.3 Å². The highest BCUT2D eigenvalue weighted by Gasteiger charge is 2.19. The molecular formula is C21H27N9OS. The lowest BCUT2D eigenvalue weighted by Gasteiger charge is -2.32. The van der Waals surface area contributed by atoms with Crippen LogP contribution in [-0.4, -0.2) is 69.2 Å². The summed E-state index contributed by atoms with van der Waals surface area (Å²) in [5.41, 5.74) is 1.72. The van der Waals surface area contributed by atoms with Crippen LogP contribution < -0.4 is 15.5 Å². The molecule has 0 aliphatic carbocycles. The molecule has 11 heteroatoms. The molecule has 0 atom stereocenters. The Kier molecular flexibility index (Phi) is 6.86. The lowest BCUT2D eigenvalue weighted by Crippen LogP contribution is -2.45. The quantitative estimate of drug-likeness (QED) is 0.497. The van der Waals surface area contributed by atoms with Crippen molar-refractivity contribution in [2.75, 3.05) is 48.8 Å². The standard InChI is InChI=1S/C21H27N9OS/c1-4-18(31)22-15-5-7-16(8-6-15)32-21-25-19(23-17-13-14(2)27-28-17)24-20(26-21)30-11-9-29(3)10-12-30/h5-8,13H,4,9-12H2,1-3H3,(H,22,31)(H2,23,24,25,26,27,28). The summed E-state index contributed by atoms with van der Waals surface area (Å²) in [5.74, 6) is 1.75. The van der Waals surface area contributed by atoms with Gasteiger partial charge in [0.1, 0.15) is 0 Å². The molecule has 3 aromatic rings. The van der Waals surface area contributed by atoms with Crippen LogP contribution in [0.2, 0.25) is 0 Å². The second-order valence-corrected chi connectivity index (χ2v) is 8.66. The summed E-state index contributed by atoms with van der Waals surface area (Å²) in [5, 5.41) is 13.8. The Morgan fingerprint density at radius 1 is 1.12 bits per heavy atom. The van der Waals surface area contributed by atoms with E-state index in [9.17, 15) is 4.79 Å². The van der Waals surface area contributed by atoms with Crippen molar-refractivity contribution in [3.8, 4) is 0 Å². The Labute approximate surface area is 191 Å². The summed E-state index contributed by atoms with van der Waals surface area (Å²) < 4.78 is 0. The molecule has 32 heavy (non-hydrogen) atoms. The van der Waals surface area contributed by atoms with E-state index in [1.54, 1.807) is 0 Å². The van der Waals surface area contributed by atoms with E-state index in [2.05, 4.69) is 47.6 Å². The molecule has 1 saturated heterocycles. The number of piperazine rings is 1. The van der Waals surface area contributed by atoms with E-state index in [0.717, 1.165) is 42.5 Å². The highest BCUT2D eigenvalue weighted by Crippen LogP contribution is 2.28. The van der Waals surface area contributed by atoms with Crippen LogP contribution in [-0.2, 0) is 4.79 Å². The molecule has 1 aromatic carbocycles. The van der Waals surface area contributed by atoms with Gasteiger partial charge in [-0.3, -0.25) is 9.89 Å². The van der Waals surface area contributed by atoms with E-state index < -0.39 is 0 Å². The van der Waals surface area contributed by atoms with Gasteiger partial charge in [0.25, 0.3) is 0 Å². The number of rotatable bonds is 7. The zero-order valence-corrected chi connectivity index (χ0v) is 19.2. The molecule has 0 spiro atoms. The smallest absolute Gasteiger partial charge is 0.234 e. The van der Waals surface area contributed by atoms with Gasteiger partial charge in [-0.1, -0.05) is 6.92 Å². The Morgan fingerprint density at radius 3 is 2.53 bits per heavy atom. The number of hydrogen-bond acceptors (Lipinski definition) is 9. The SMILES string of the molecule is CCC(=O)Nc1ccc(Sc2nc(Nc3cc(C)[nH]n3)nc(N3CCN(C)CC3)n2)cc1. The van der Waals surface area contributed by atoms with Gasteiger partial charge in [0.2, 0.25) is 17.8 Å². The van der Waals surface area contributed by atoms with Crippen LogP contribution in [0.25, 0.3) is 0 Å². The van der Waals surface area contributed by atoms with Crippen molar-refractivity contribution >= 4 is 41.1 Å². The van der Waals surface area contributed by atoms with Crippen molar-refractivity contribution < 1.29 is 4.79 Å². The average molecular weight is 454 g/mol. The van der Waals surface area contributed by atoms with Gasteiger partial charge < -0.3 is 20.4 Å². The molecule has 10 nitrogen and oxygen atoms in total. The number of carbonyl (C=O) groups excluding carboxylic acids is 1. The molecule has 4 rings (SSSR count). The molecule has 1 fully saturated rings. The van der Waals surface area contributed by atoms with Crippen LogP contribution in [0.5, 0.6) is 0 Å². The third-order valence-electron chi connectivity index (χ3n) is 5.00. The second-order valence-electron chi connectivity index (χ2n) is 7.62. The number of aryl methyl sites for hydroxylation is 1. The van der Waals surface area contributed by atoms with Crippen LogP contribution >= 0.6 is 11.8 Å². The normalized spacial score (nSPS) is 14.4. The largest absolute Gasteiger partial charge is 0.338 e. The summed E-state index contributed by atoms with van der Waals surface area (Å²) >= 11 is 1.45. The molecule has 1 aliphatic heterocycles. The minimum atomic E-state index is -0.0102. The average Bonchev–Trinajstić information content (AvgIpc) is 3.19. The summed E-state index contributed by atoms with van der Waals surface area (Å²) in [7, 11) is 2.12. The molecule has 1 aliphatic rings. The third kappa shape index (κ3) is 5.74. The first-order valence-electron chi connectivity index (χ1n) is 10.5. The Bertz CT molecular complexity index is 1060. The molecular weight excluding hydrogens is 426 g/mol. The number of carbonyl (C=O) groups is 1. The van der Waals surface area contributed by atoms with E-state index in [0.29, 0.717) is 29.3 Å². The minimum absolute atomic E-state index is 0.0102. The molecule has 0 bridgehead atoms. The number of hydrogen-bond donors (Lipinski definition) is 3. The van der Waals surface area contributed by atoms with Crippen molar-refractivity contribution in [1.29, 1.82) is 0 Å². The Hall–Kier alpha value is -3.18. The molecule has 3 heterocycles. The predicted octanol–water partition coefficient (Wildman–Crippen LogP) is 2.90. The summed E-state index contributed by atoms with van der Waals surface area (Å²) in [6, 6.07) is 9.54. The maximum Gasteiger partial charge on any atom is 0.234 e. The van der Waals surface area contributed by atoms with E-state index >= 15 is 0 Å². The number of amides is 1. The van der Waals surface area contributed by atoms with Crippen molar-refractivity contribution in [2.24, 2.45) is 0 Å². The molecule has 0 saturated carbocycles. The maximum absolute atomic E-state index is 11.6. The van der Waals surface area contributed by atoms with Crippen molar-refractivity contribution in [3.05, 3.63) is 36.0 Å². The van der Waals surface area contributed by atoms with Crippen LogP contribution in [0, 0.1) is 6.92 Å². The van der Waals surface area contributed by atoms with Gasteiger partial charge >= 0.3 is 0 Å². The predicted molar refractivity (Wildman–Crippen MR) is 126 cm³/mol. The molecule has 0 unspecified atom stereocenters. The Balaban J connectivity index is 1.56. The van der Waals surface area contributed by atoms with Crippen LogP contribution in [0.1, 0.15) is 19.0 Å². The molecule has 0 radical (unpaired) electrons. The van der Waals surface area contributed by atoms with Gasteiger partial charge in [0.15, 0.2) is 11.0 Å². The van der Waals surface area contributed by atoms with Crippen molar-refractivity contribution in [3.63, 3.8) is 0 Å². The highest BCUT2D eigenvalue weighted by molar-refractivity contribution is 7.99. The number of H-pyrrole nitrogens is 1. The fraction of sp³-hybridized carbons (Fsp3) is 0.381. The summed E-state index contributed by atoms with van der Waals surface area (Å²) in [6.07, 6.45) is 0.446. The molecule has 2 aromatic heterocycles. The van der Waals surface area contributed by atoms with Gasteiger partial charge in [-0.25, -0.2) is 0 Å². The minimum Gasteiger partial charge on any atom is -0.338 e. The lowest BCUT2D eigenvalue weighted by atomic mass is 10.3. The molecule has 1 amide bonds. The van der Waals surface area contributed by atoms with Gasteiger partial charge in [0.05, 0.1) is 0 Å². The van der Waals surface area contributed by atoms with E-state index in [1.165, 1.54) is 11.8 Å². The number of aromatic nitrogens is 5. The van der Waals surface area contributed by atoms with Gasteiger partial charge in [-0.2, -0.15) is 20.1 Å². The van der Waals surface area contributed by atoms with E-state index in [1.807, 2.05) is 44.2 Å². The van der Waals surface area contributed by atoms with Crippen LogP contribution in [0.4, 0.5) is 23.4 Å². The molecule has 168 valence electrons. The van der Waals surface area contributed by atoms with Crippen molar-refractivity contribution in [1.82, 2.24) is 30.0 Å². The van der Waals surface area contributed by atoms with Gasteiger partial charge in [-0.15, -0.1) is 0 Å². The lowest BCUT2D eigenvalue weighted by molar-refractivity contribution is -0.115. The zero-order valence-electron chi connectivity index (χ0n) is 18.4. The first-order chi connectivity index (χ1) is 15.5. The number of nitrogens with one attached hydrogen (secondary N) is 3. The first kappa shape index (κ1) is 22.0. The first-order valence-corrected chi connectivity index (χ1v) is 11.4. The summed E-state index contributed by atoms with van der Waals surface area (Å²) in [6.45, 7) is 7.40. The fourth-order valence-electron chi connectivity index (χ4n) is 3.15. The highest BCUT2D eigenvalue weighted by atomic mass is 32.2. The monoisotopic (exact) mass is 453 g/mol. The fourth-order valence-corrected chi connectivity index (χ4v) is 3.90. The number of benzene rings is 1. The summed E-state index contributed by atoms with van der Waals surface area (Å²) in [4.78, 5) is 31.0. The number of aromatic amines is 1. The zero-order chi connectivity index (χ0) is 22.5. The maximum atomic E-state index is 11.6. The number of nitrogens with zero attached hydrogens (tertiary/aromatic N) is 6. The van der Waals surface area contributed by atoms with Crippen LogP contribution in [0.3, 0.4) is 0 Å². The van der Waals surface area contributed by atoms with Crippen LogP contribution in [0.15, 0.2) is 40.4 Å². The number of anilines is 4. The van der Waals surface area contributed by atoms with E-state index in [4.69, 9.17) is 4.98 Å². The topological polar surface area (TPSA) is 115 Å². The number of likely N-dealkylation sites (N-methyl/N-ethyl adjacent to an activating group) is 1.